The Labute approximate surface area is 98.3 Å². The minimum absolute atomic E-state index is 0. The molecule has 0 unspecified atom stereocenters. The van der Waals surface area contributed by atoms with E-state index in [1.807, 2.05) is 39.1 Å². The molecule has 1 rings (SSSR count). The van der Waals surface area contributed by atoms with E-state index in [0.29, 0.717) is 6.61 Å². The Kier molecular flexibility index (Phi) is 4.99. The van der Waals surface area contributed by atoms with E-state index in [-0.39, 0.29) is 13.1 Å². The third-order valence-corrected chi connectivity index (χ3v) is 2.26. The van der Waals surface area contributed by atoms with Gasteiger partial charge in [0, 0.05) is 19.5 Å². The van der Waals surface area contributed by atoms with Crippen molar-refractivity contribution >= 4 is 5.78 Å². The summed E-state index contributed by atoms with van der Waals surface area (Å²) in [7, 11) is 1.88. The molecular formula is C13H21NO2. The summed E-state index contributed by atoms with van der Waals surface area (Å²) in [5, 5.41) is 3.00. The Hall–Kier alpha value is -1.35. The zero-order chi connectivity index (χ0) is 12.0. The van der Waals surface area contributed by atoms with Gasteiger partial charge < -0.3 is 10.1 Å². The van der Waals surface area contributed by atoms with Crippen molar-refractivity contribution in [2.75, 3.05) is 20.2 Å². The smallest absolute Gasteiger partial charge is 0.165 e. The molecule has 0 aliphatic heterocycles. The van der Waals surface area contributed by atoms with Gasteiger partial charge in [-0.2, -0.15) is 0 Å². The SMILES string of the molecule is CNCCOc1cccc(C(=O)C(C)C)c1.[HH]. The molecular weight excluding hydrogens is 202 g/mol. The van der Waals surface area contributed by atoms with Gasteiger partial charge in [0.25, 0.3) is 0 Å². The predicted octanol–water partition coefficient (Wildman–Crippen LogP) is 2.37. The molecule has 1 aromatic rings. The van der Waals surface area contributed by atoms with Crippen LogP contribution in [0, 0.1) is 5.92 Å². The lowest BCUT2D eigenvalue weighted by Gasteiger charge is -2.08. The van der Waals surface area contributed by atoms with E-state index in [9.17, 15) is 4.79 Å². The first-order valence-corrected chi connectivity index (χ1v) is 5.57. The van der Waals surface area contributed by atoms with Gasteiger partial charge in [0.1, 0.15) is 12.4 Å². The van der Waals surface area contributed by atoms with Crippen LogP contribution in [0.4, 0.5) is 0 Å². The minimum atomic E-state index is 0. The number of carbonyl (C=O) groups excluding carboxylic acids is 1. The number of carbonyl (C=O) groups is 1. The molecule has 0 bridgehead atoms. The number of nitrogens with one attached hydrogen (secondary N) is 1. The van der Waals surface area contributed by atoms with Crippen molar-refractivity contribution in [2.24, 2.45) is 5.92 Å². The fourth-order valence-corrected chi connectivity index (χ4v) is 1.34. The van der Waals surface area contributed by atoms with Crippen molar-refractivity contribution in [3.63, 3.8) is 0 Å². The first-order valence-electron chi connectivity index (χ1n) is 5.57. The van der Waals surface area contributed by atoms with E-state index in [1.54, 1.807) is 6.07 Å². The molecule has 0 spiro atoms. The fourth-order valence-electron chi connectivity index (χ4n) is 1.34. The van der Waals surface area contributed by atoms with Crippen LogP contribution >= 0.6 is 0 Å². The molecule has 0 aliphatic carbocycles. The number of hydrogen-bond acceptors (Lipinski definition) is 3. The van der Waals surface area contributed by atoms with Crippen LogP contribution in [0.1, 0.15) is 25.6 Å². The van der Waals surface area contributed by atoms with Crippen LogP contribution in [0.3, 0.4) is 0 Å². The van der Waals surface area contributed by atoms with Crippen LogP contribution < -0.4 is 10.1 Å². The highest BCUT2D eigenvalue weighted by molar-refractivity contribution is 5.97. The summed E-state index contributed by atoms with van der Waals surface area (Å²) in [6.07, 6.45) is 0. The molecule has 1 N–H and O–H groups in total. The van der Waals surface area contributed by atoms with Crippen molar-refractivity contribution in [3.05, 3.63) is 29.8 Å². The predicted molar refractivity (Wildman–Crippen MR) is 67.1 cm³/mol. The molecule has 0 saturated carbocycles. The van der Waals surface area contributed by atoms with Crippen molar-refractivity contribution in [3.8, 4) is 5.75 Å². The second-order valence-corrected chi connectivity index (χ2v) is 4.00. The molecule has 0 radical (unpaired) electrons. The Balaban J connectivity index is 0.00000256. The molecule has 0 saturated heterocycles. The third kappa shape index (κ3) is 3.66. The Morgan fingerprint density at radius 1 is 1.50 bits per heavy atom. The van der Waals surface area contributed by atoms with Crippen LogP contribution in [0.2, 0.25) is 0 Å². The molecule has 16 heavy (non-hydrogen) atoms. The number of hydrogen-bond donors (Lipinski definition) is 1. The maximum atomic E-state index is 11.8. The molecule has 3 nitrogen and oxygen atoms in total. The first kappa shape index (κ1) is 12.7. The Bertz CT molecular complexity index is 353. The van der Waals surface area contributed by atoms with E-state index < -0.39 is 0 Å². The highest BCUT2D eigenvalue weighted by Gasteiger charge is 2.10. The summed E-state index contributed by atoms with van der Waals surface area (Å²) in [5.41, 5.74) is 0.719. The van der Waals surface area contributed by atoms with E-state index >= 15 is 0 Å². The first-order chi connectivity index (χ1) is 7.65. The maximum Gasteiger partial charge on any atom is 0.165 e. The van der Waals surface area contributed by atoms with Crippen LogP contribution in [-0.2, 0) is 0 Å². The Morgan fingerprint density at radius 3 is 2.88 bits per heavy atom. The summed E-state index contributed by atoms with van der Waals surface area (Å²) >= 11 is 0. The normalized spacial score (nSPS) is 10.5. The average molecular weight is 223 g/mol. The quantitative estimate of drug-likeness (QED) is 0.594. The number of benzene rings is 1. The third-order valence-electron chi connectivity index (χ3n) is 2.26. The van der Waals surface area contributed by atoms with Crippen LogP contribution in [0.15, 0.2) is 24.3 Å². The standard InChI is InChI=1S/C13H19NO2.H2/c1-10(2)13(15)11-5-4-6-12(9-11)16-8-7-14-3;/h4-6,9-10,14H,7-8H2,1-3H3;1H. The molecule has 1 aromatic carbocycles. The summed E-state index contributed by atoms with van der Waals surface area (Å²) in [6, 6.07) is 7.35. The van der Waals surface area contributed by atoms with Gasteiger partial charge in [-0.1, -0.05) is 26.0 Å². The number of ether oxygens (including phenoxy) is 1. The topological polar surface area (TPSA) is 38.3 Å². The lowest BCUT2D eigenvalue weighted by Crippen LogP contribution is -2.16. The largest absolute Gasteiger partial charge is 0.492 e. The molecule has 0 atom stereocenters. The molecule has 0 heterocycles. The van der Waals surface area contributed by atoms with Gasteiger partial charge in [-0.15, -0.1) is 0 Å². The molecule has 0 aromatic heterocycles. The highest BCUT2D eigenvalue weighted by Crippen LogP contribution is 2.16. The van der Waals surface area contributed by atoms with Gasteiger partial charge in [0.2, 0.25) is 0 Å². The fraction of sp³-hybridized carbons (Fsp3) is 0.462. The van der Waals surface area contributed by atoms with Gasteiger partial charge in [0.15, 0.2) is 5.78 Å². The minimum Gasteiger partial charge on any atom is -0.492 e. The summed E-state index contributed by atoms with van der Waals surface area (Å²) in [4.78, 5) is 11.8. The van der Waals surface area contributed by atoms with Crippen LogP contribution in [0.25, 0.3) is 0 Å². The number of ketones is 1. The van der Waals surface area contributed by atoms with Gasteiger partial charge in [-0.25, -0.2) is 0 Å². The van der Waals surface area contributed by atoms with E-state index in [0.717, 1.165) is 17.9 Å². The highest BCUT2D eigenvalue weighted by atomic mass is 16.5. The van der Waals surface area contributed by atoms with E-state index in [2.05, 4.69) is 5.32 Å². The van der Waals surface area contributed by atoms with E-state index in [1.165, 1.54) is 0 Å². The lowest BCUT2D eigenvalue weighted by atomic mass is 10.0. The molecule has 90 valence electrons. The lowest BCUT2D eigenvalue weighted by molar-refractivity contribution is 0.0939. The average Bonchev–Trinajstić information content (AvgIpc) is 2.29. The molecule has 0 fully saturated rings. The molecule has 3 heteroatoms. The molecule has 0 amide bonds. The molecule has 0 aliphatic rings. The van der Waals surface area contributed by atoms with Crippen LogP contribution in [0.5, 0.6) is 5.75 Å². The summed E-state index contributed by atoms with van der Waals surface area (Å²) in [5.74, 6) is 0.924. The van der Waals surface area contributed by atoms with Crippen molar-refractivity contribution < 1.29 is 11.0 Å². The number of rotatable bonds is 6. The Morgan fingerprint density at radius 2 is 2.25 bits per heavy atom. The van der Waals surface area contributed by atoms with Gasteiger partial charge in [-0.05, 0) is 19.2 Å². The monoisotopic (exact) mass is 223 g/mol. The number of Topliss-reactive ketones (excluding diaryl/α,β-unsaturated/α-hetero) is 1. The zero-order valence-electron chi connectivity index (χ0n) is 10.1. The van der Waals surface area contributed by atoms with E-state index in [4.69, 9.17) is 4.74 Å². The van der Waals surface area contributed by atoms with Crippen molar-refractivity contribution in [1.82, 2.24) is 5.32 Å². The summed E-state index contributed by atoms with van der Waals surface area (Å²) < 4.78 is 5.50. The summed E-state index contributed by atoms with van der Waals surface area (Å²) in [6.45, 7) is 5.20. The van der Waals surface area contributed by atoms with Gasteiger partial charge in [-0.3, -0.25) is 4.79 Å². The second kappa shape index (κ2) is 6.28. The van der Waals surface area contributed by atoms with Crippen molar-refractivity contribution in [2.45, 2.75) is 13.8 Å². The van der Waals surface area contributed by atoms with Crippen molar-refractivity contribution in [1.29, 1.82) is 0 Å². The number of likely N-dealkylation sites (N-methyl/N-ethyl adjacent to an activating group) is 1. The second-order valence-electron chi connectivity index (χ2n) is 4.00. The van der Waals surface area contributed by atoms with Gasteiger partial charge in [0.05, 0.1) is 0 Å². The van der Waals surface area contributed by atoms with Gasteiger partial charge >= 0.3 is 0 Å². The zero-order valence-corrected chi connectivity index (χ0v) is 10.1. The van der Waals surface area contributed by atoms with Crippen LogP contribution in [-0.4, -0.2) is 26.0 Å². The maximum absolute atomic E-state index is 11.8.